The number of pyridine rings is 1. The van der Waals surface area contributed by atoms with Gasteiger partial charge in [0.1, 0.15) is 0 Å². The summed E-state index contributed by atoms with van der Waals surface area (Å²) in [6.07, 6.45) is 0.774. The molecule has 0 aliphatic rings. The number of rotatable bonds is 3. The Bertz CT molecular complexity index is 328. The molecule has 0 radical (unpaired) electrons. The minimum atomic E-state index is -1.27. The van der Waals surface area contributed by atoms with Crippen LogP contribution < -0.4 is 4.90 Å². The van der Waals surface area contributed by atoms with Gasteiger partial charge in [-0.2, -0.15) is 9.37 Å². The number of nitrogens with zero attached hydrogens (tertiary/aromatic N) is 2. The molecule has 0 spiro atoms. The standard InChI is InChI=1S/C9H11F3N2/c1-3-4-14(2)9-7(11)5-6(10)8(12)13-9/h5H,3-4H2,1-2H3. The summed E-state index contributed by atoms with van der Waals surface area (Å²) in [5.41, 5.74) is 0. The highest BCUT2D eigenvalue weighted by Gasteiger charge is 2.14. The smallest absolute Gasteiger partial charge is 0.251 e. The molecule has 1 aromatic rings. The first-order valence-electron chi connectivity index (χ1n) is 4.29. The number of hydrogen-bond donors (Lipinski definition) is 0. The maximum Gasteiger partial charge on any atom is 0.251 e. The second-order valence-electron chi connectivity index (χ2n) is 2.99. The van der Waals surface area contributed by atoms with E-state index in [1.165, 1.54) is 4.90 Å². The molecule has 78 valence electrons. The molecule has 0 unspecified atom stereocenters. The van der Waals surface area contributed by atoms with Crippen LogP contribution in [-0.2, 0) is 0 Å². The van der Waals surface area contributed by atoms with Gasteiger partial charge in [0.05, 0.1) is 0 Å². The molecule has 0 aromatic carbocycles. The van der Waals surface area contributed by atoms with Gasteiger partial charge >= 0.3 is 0 Å². The van der Waals surface area contributed by atoms with Crippen molar-refractivity contribution in [2.45, 2.75) is 13.3 Å². The summed E-state index contributed by atoms with van der Waals surface area (Å²) in [5, 5.41) is 0. The molecule has 0 fully saturated rings. The average Bonchev–Trinajstić information content (AvgIpc) is 2.11. The van der Waals surface area contributed by atoms with E-state index in [1.807, 2.05) is 6.92 Å². The highest BCUT2D eigenvalue weighted by molar-refractivity contribution is 5.38. The number of halogens is 3. The first-order chi connectivity index (χ1) is 6.56. The molecular formula is C9H11F3N2. The molecule has 0 N–H and O–H groups in total. The van der Waals surface area contributed by atoms with E-state index in [-0.39, 0.29) is 5.82 Å². The van der Waals surface area contributed by atoms with E-state index in [2.05, 4.69) is 4.98 Å². The van der Waals surface area contributed by atoms with Crippen molar-refractivity contribution in [3.8, 4) is 0 Å². The predicted molar refractivity (Wildman–Crippen MR) is 47.7 cm³/mol. The van der Waals surface area contributed by atoms with Gasteiger partial charge in [-0.25, -0.2) is 8.78 Å². The Morgan fingerprint density at radius 1 is 1.29 bits per heavy atom. The third-order valence-corrected chi connectivity index (χ3v) is 1.79. The van der Waals surface area contributed by atoms with Crippen molar-refractivity contribution in [1.29, 1.82) is 0 Å². The Labute approximate surface area is 80.4 Å². The lowest BCUT2D eigenvalue weighted by Gasteiger charge is -2.17. The summed E-state index contributed by atoms with van der Waals surface area (Å²) in [4.78, 5) is 4.64. The minimum Gasteiger partial charge on any atom is -0.357 e. The van der Waals surface area contributed by atoms with Crippen molar-refractivity contribution < 1.29 is 13.2 Å². The van der Waals surface area contributed by atoms with Gasteiger partial charge in [-0.05, 0) is 6.42 Å². The van der Waals surface area contributed by atoms with Crippen molar-refractivity contribution >= 4 is 5.82 Å². The summed E-state index contributed by atoms with van der Waals surface area (Å²) in [5.74, 6) is -3.55. The van der Waals surface area contributed by atoms with E-state index in [0.29, 0.717) is 12.6 Å². The lowest BCUT2D eigenvalue weighted by atomic mass is 10.3. The fourth-order valence-electron chi connectivity index (χ4n) is 1.14. The molecule has 1 aromatic heterocycles. The van der Waals surface area contributed by atoms with Crippen molar-refractivity contribution in [1.82, 2.24) is 4.98 Å². The van der Waals surface area contributed by atoms with Crippen LogP contribution in [0.5, 0.6) is 0 Å². The van der Waals surface area contributed by atoms with Gasteiger partial charge in [-0.3, -0.25) is 0 Å². The maximum absolute atomic E-state index is 13.1. The molecule has 0 aliphatic heterocycles. The third-order valence-electron chi connectivity index (χ3n) is 1.79. The fraction of sp³-hybridized carbons (Fsp3) is 0.444. The average molecular weight is 204 g/mol. The van der Waals surface area contributed by atoms with Crippen molar-refractivity contribution in [3.05, 3.63) is 23.6 Å². The summed E-state index contributed by atoms with van der Waals surface area (Å²) in [6.45, 7) is 2.43. The predicted octanol–water partition coefficient (Wildman–Crippen LogP) is 2.35. The summed E-state index contributed by atoms with van der Waals surface area (Å²) >= 11 is 0. The Hall–Kier alpha value is -1.26. The molecule has 0 atom stereocenters. The van der Waals surface area contributed by atoms with Crippen LogP contribution in [0, 0.1) is 17.6 Å². The number of anilines is 1. The fourth-order valence-corrected chi connectivity index (χ4v) is 1.14. The first-order valence-corrected chi connectivity index (χ1v) is 4.29. The molecule has 0 saturated carbocycles. The normalized spacial score (nSPS) is 10.4. The van der Waals surface area contributed by atoms with Crippen LogP contribution >= 0.6 is 0 Å². The van der Waals surface area contributed by atoms with Gasteiger partial charge in [0.25, 0.3) is 5.95 Å². The van der Waals surface area contributed by atoms with Gasteiger partial charge < -0.3 is 4.90 Å². The lowest BCUT2D eigenvalue weighted by Crippen LogP contribution is -2.21. The Morgan fingerprint density at radius 3 is 2.50 bits per heavy atom. The van der Waals surface area contributed by atoms with Crippen LogP contribution in [0.1, 0.15) is 13.3 Å². The summed E-state index contributed by atoms with van der Waals surface area (Å²) < 4.78 is 38.3. The topological polar surface area (TPSA) is 16.1 Å². The Morgan fingerprint density at radius 2 is 1.93 bits per heavy atom. The second kappa shape index (κ2) is 4.30. The van der Waals surface area contributed by atoms with E-state index >= 15 is 0 Å². The molecule has 14 heavy (non-hydrogen) atoms. The molecule has 1 heterocycles. The van der Waals surface area contributed by atoms with Crippen LogP contribution in [0.3, 0.4) is 0 Å². The lowest BCUT2D eigenvalue weighted by molar-refractivity contribution is 0.463. The zero-order valence-corrected chi connectivity index (χ0v) is 8.02. The van der Waals surface area contributed by atoms with Crippen molar-refractivity contribution in [2.75, 3.05) is 18.5 Å². The van der Waals surface area contributed by atoms with Crippen molar-refractivity contribution in [2.24, 2.45) is 0 Å². The van der Waals surface area contributed by atoms with Crippen LogP contribution in [-0.4, -0.2) is 18.6 Å². The summed E-state index contributed by atoms with van der Waals surface area (Å²) in [7, 11) is 1.58. The van der Waals surface area contributed by atoms with E-state index < -0.39 is 17.6 Å². The zero-order chi connectivity index (χ0) is 10.7. The largest absolute Gasteiger partial charge is 0.357 e. The molecular weight excluding hydrogens is 193 g/mol. The highest BCUT2D eigenvalue weighted by atomic mass is 19.2. The van der Waals surface area contributed by atoms with E-state index in [4.69, 9.17) is 0 Å². The molecule has 0 saturated heterocycles. The Balaban J connectivity index is 3.02. The van der Waals surface area contributed by atoms with Gasteiger partial charge in [-0.15, -0.1) is 0 Å². The first kappa shape index (κ1) is 10.8. The van der Waals surface area contributed by atoms with Gasteiger partial charge in [-0.1, -0.05) is 6.92 Å². The SMILES string of the molecule is CCCN(C)c1nc(F)c(F)cc1F. The zero-order valence-electron chi connectivity index (χ0n) is 8.02. The number of hydrogen-bond acceptors (Lipinski definition) is 2. The van der Waals surface area contributed by atoms with Crippen molar-refractivity contribution in [3.63, 3.8) is 0 Å². The quantitative estimate of drug-likeness (QED) is 0.702. The Kier molecular flexibility index (Phi) is 3.33. The number of aromatic nitrogens is 1. The monoisotopic (exact) mass is 204 g/mol. The van der Waals surface area contributed by atoms with E-state index in [1.54, 1.807) is 7.05 Å². The summed E-state index contributed by atoms with van der Waals surface area (Å²) in [6, 6.07) is 0.504. The third kappa shape index (κ3) is 2.16. The van der Waals surface area contributed by atoms with Crippen LogP contribution in [0.4, 0.5) is 19.0 Å². The molecule has 0 amide bonds. The highest BCUT2D eigenvalue weighted by Crippen LogP contribution is 2.17. The molecule has 5 heteroatoms. The van der Waals surface area contributed by atoms with Gasteiger partial charge in [0.15, 0.2) is 17.5 Å². The molecule has 2 nitrogen and oxygen atoms in total. The van der Waals surface area contributed by atoms with E-state index in [0.717, 1.165) is 6.42 Å². The molecule has 0 bridgehead atoms. The van der Waals surface area contributed by atoms with Crippen LogP contribution in [0.25, 0.3) is 0 Å². The second-order valence-corrected chi connectivity index (χ2v) is 2.99. The minimum absolute atomic E-state index is 0.161. The van der Waals surface area contributed by atoms with Crippen LogP contribution in [0.2, 0.25) is 0 Å². The molecule has 1 rings (SSSR count). The maximum atomic E-state index is 13.1. The van der Waals surface area contributed by atoms with Gasteiger partial charge in [0.2, 0.25) is 0 Å². The van der Waals surface area contributed by atoms with Crippen LogP contribution in [0.15, 0.2) is 6.07 Å². The molecule has 0 aliphatic carbocycles. The van der Waals surface area contributed by atoms with Gasteiger partial charge in [0, 0.05) is 19.7 Å². The van der Waals surface area contributed by atoms with E-state index in [9.17, 15) is 13.2 Å².